The molecule has 1 heterocycles. The van der Waals surface area contributed by atoms with Gasteiger partial charge in [0.05, 0.1) is 26.1 Å². The molecule has 0 aromatic heterocycles. The van der Waals surface area contributed by atoms with Crippen LogP contribution in [0.25, 0.3) is 0 Å². The number of carbonyl (C=O) groups is 1. The lowest BCUT2D eigenvalue weighted by Crippen LogP contribution is -3.12. The molecule has 0 saturated carbocycles. The van der Waals surface area contributed by atoms with Gasteiger partial charge in [-0.15, -0.1) is 0 Å². The van der Waals surface area contributed by atoms with Gasteiger partial charge in [-0.25, -0.2) is 0 Å². The molecule has 110 valence electrons. The molecule has 3 heteroatoms. The van der Waals surface area contributed by atoms with Crippen molar-refractivity contribution >= 4 is 11.6 Å². The minimum atomic E-state index is 0.151. The summed E-state index contributed by atoms with van der Waals surface area (Å²) in [5.41, 5.74) is 4.55. The lowest BCUT2D eigenvalue weighted by Gasteiger charge is -2.23. The molecule has 1 amide bonds. The molecule has 2 N–H and O–H groups in total. The summed E-state index contributed by atoms with van der Waals surface area (Å²) in [5, 5.41) is 3.09. The fraction of sp³-hybridized carbons (Fsp3) is 0.588. The van der Waals surface area contributed by atoms with Crippen LogP contribution in [0.3, 0.4) is 0 Å². The van der Waals surface area contributed by atoms with Crippen molar-refractivity contribution in [2.75, 3.05) is 25.0 Å². The minimum Gasteiger partial charge on any atom is -0.335 e. The molecule has 1 aromatic rings. The van der Waals surface area contributed by atoms with Crippen molar-refractivity contribution in [1.29, 1.82) is 0 Å². The molecule has 0 spiro atoms. The zero-order chi connectivity index (χ0) is 14.5. The number of quaternary nitrogens is 1. The lowest BCUT2D eigenvalue weighted by molar-refractivity contribution is -0.904. The van der Waals surface area contributed by atoms with Crippen LogP contribution in [0.1, 0.15) is 42.4 Å². The maximum atomic E-state index is 12.1. The quantitative estimate of drug-likeness (QED) is 0.866. The molecular weight excluding hydrogens is 248 g/mol. The predicted molar refractivity (Wildman–Crippen MR) is 83.3 cm³/mol. The summed E-state index contributed by atoms with van der Waals surface area (Å²) in [5.74, 6) is 0.151. The van der Waals surface area contributed by atoms with E-state index in [4.69, 9.17) is 0 Å². The van der Waals surface area contributed by atoms with E-state index in [2.05, 4.69) is 38.2 Å². The first kappa shape index (κ1) is 15.0. The zero-order valence-corrected chi connectivity index (χ0v) is 13.0. The summed E-state index contributed by atoms with van der Waals surface area (Å²) in [4.78, 5) is 13.7. The van der Waals surface area contributed by atoms with Gasteiger partial charge in [0.25, 0.3) is 0 Å². The Balaban J connectivity index is 1.88. The highest BCUT2D eigenvalue weighted by Gasteiger charge is 2.15. The van der Waals surface area contributed by atoms with E-state index in [1.165, 1.54) is 37.9 Å². The molecule has 20 heavy (non-hydrogen) atoms. The zero-order valence-electron chi connectivity index (χ0n) is 13.0. The van der Waals surface area contributed by atoms with Crippen LogP contribution in [0, 0.1) is 20.8 Å². The molecule has 3 nitrogen and oxygen atoms in total. The summed E-state index contributed by atoms with van der Waals surface area (Å²) < 4.78 is 0. The van der Waals surface area contributed by atoms with E-state index >= 15 is 0 Å². The fourth-order valence-corrected chi connectivity index (χ4v) is 3.17. The second-order valence-electron chi connectivity index (χ2n) is 6.13. The molecule has 1 aliphatic rings. The van der Waals surface area contributed by atoms with Crippen molar-refractivity contribution in [2.24, 2.45) is 0 Å². The third kappa shape index (κ3) is 4.07. The van der Waals surface area contributed by atoms with Crippen molar-refractivity contribution in [3.05, 3.63) is 28.8 Å². The van der Waals surface area contributed by atoms with Gasteiger partial charge < -0.3 is 10.2 Å². The third-order valence-corrected chi connectivity index (χ3v) is 4.21. The van der Waals surface area contributed by atoms with Gasteiger partial charge in [0.1, 0.15) is 0 Å². The van der Waals surface area contributed by atoms with Gasteiger partial charge in [-0.05, 0) is 51.2 Å². The number of amides is 1. The number of rotatable bonds is 4. The van der Waals surface area contributed by atoms with Gasteiger partial charge in [0.2, 0.25) is 5.91 Å². The number of likely N-dealkylation sites (tertiary alicyclic amines) is 1. The third-order valence-electron chi connectivity index (χ3n) is 4.21. The van der Waals surface area contributed by atoms with Crippen molar-refractivity contribution in [3.63, 3.8) is 0 Å². The highest BCUT2D eigenvalue weighted by Crippen LogP contribution is 2.21. The second kappa shape index (κ2) is 6.89. The van der Waals surface area contributed by atoms with Gasteiger partial charge >= 0.3 is 0 Å². The molecular formula is C17H27N2O+. The number of hydrogen-bond acceptors (Lipinski definition) is 1. The maximum absolute atomic E-state index is 12.1. The predicted octanol–water partition coefficient (Wildman–Crippen LogP) is 2.01. The SMILES string of the molecule is Cc1cc(C)c(NC(=O)CC[NH+]2CCCCC2)c(C)c1. The molecule has 0 aliphatic carbocycles. The number of piperidine rings is 1. The van der Waals surface area contributed by atoms with Gasteiger partial charge in [-0.3, -0.25) is 4.79 Å². The number of aryl methyl sites for hydroxylation is 3. The molecule has 1 saturated heterocycles. The molecule has 1 fully saturated rings. The fourth-order valence-electron chi connectivity index (χ4n) is 3.17. The number of nitrogens with one attached hydrogen (secondary N) is 2. The first-order chi connectivity index (χ1) is 9.56. The van der Waals surface area contributed by atoms with Crippen LogP contribution in [0.15, 0.2) is 12.1 Å². The lowest BCUT2D eigenvalue weighted by atomic mass is 10.0. The van der Waals surface area contributed by atoms with Crippen LogP contribution in [-0.4, -0.2) is 25.5 Å². The van der Waals surface area contributed by atoms with Crippen molar-refractivity contribution in [2.45, 2.75) is 46.5 Å². The maximum Gasteiger partial charge on any atom is 0.230 e. The number of hydrogen-bond donors (Lipinski definition) is 2. The van der Waals surface area contributed by atoms with Crippen LogP contribution in [0.2, 0.25) is 0 Å². The van der Waals surface area contributed by atoms with Gasteiger partial charge in [0, 0.05) is 5.69 Å². The van der Waals surface area contributed by atoms with Crippen molar-refractivity contribution in [3.8, 4) is 0 Å². The molecule has 0 atom stereocenters. The average molecular weight is 275 g/mol. The smallest absolute Gasteiger partial charge is 0.230 e. The molecule has 0 radical (unpaired) electrons. The molecule has 2 rings (SSSR count). The second-order valence-corrected chi connectivity index (χ2v) is 6.13. The van der Waals surface area contributed by atoms with E-state index in [-0.39, 0.29) is 5.91 Å². The first-order valence-electron chi connectivity index (χ1n) is 7.77. The Labute approximate surface area is 122 Å². The van der Waals surface area contributed by atoms with Gasteiger partial charge in [0.15, 0.2) is 0 Å². The Bertz CT molecular complexity index is 453. The Morgan fingerprint density at radius 2 is 1.70 bits per heavy atom. The average Bonchev–Trinajstić information content (AvgIpc) is 2.42. The van der Waals surface area contributed by atoms with E-state index in [1.54, 1.807) is 4.90 Å². The van der Waals surface area contributed by atoms with Crippen LogP contribution in [0.5, 0.6) is 0 Å². The van der Waals surface area contributed by atoms with Gasteiger partial charge in [-0.2, -0.15) is 0 Å². The minimum absolute atomic E-state index is 0.151. The summed E-state index contributed by atoms with van der Waals surface area (Å²) in [6.07, 6.45) is 4.61. The summed E-state index contributed by atoms with van der Waals surface area (Å²) >= 11 is 0. The number of benzene rings is 1. The Hall–Kier alpha value is -1.35. The topological polar surface area (TPSA) is 33.5 Å². The van der Waals surface area contributed by atoms with E-state index in [0.29, 0.717) is 6.42 Å². The van der Waals surface area contributed by atoms with E-state index < -0.39 is 0 Å². The number of carbonyl (C=O) groups excluding carboxylic acids is 1. The first-order valence-corrected chi connectivity index (χ1v) is 7.77. The monoisotopic (exact) mass is 275 g/mol. The van der Waals surface area contributed by atoms with Crippen LogP contribution in [0.4, 0.5) is 5.69 Å². The van der Waals surface area contributed by atoms with Crippen LogP contribution < -0.4 is 10.2 Å². The standard InChI is InChI=1S/C17H26N2O/c1-13-11-14(2)17(15(3)12-13)18-16(20)7-10-19-8-5-4-6-9-19/h11-12H,4-10H2,1-3H3,(H,18,20)/p+1. The Kier molecular flexibility index (Phi) is 5.18. The van der Waals surface area contributed by atoms with Crippen LogP contribution in [-0.2, 0) is 4.79 Å². The molecule has 0 bridgehead atoms. The molecule has 1 aliphatic heterocycles. The van der Waals surface area contributed by atoms with E-state index in [1.807, 2.05) is 0 Å². The summed E-state index contributed by atoms with van der Waals surface area (Å²) in [6.45, 7) is 9.64. The van der Waals surface area contributed by atoms with E-state index in [9.17, 15) is 4.79 Å². The molecule has 1 aromatic carbocycles. The van der Waals surface area contributed by atoms with Gasteiger partial charge in [-0.1, -0.05) is 17.7 Å². The summed E-state index contributed by atoms with van der Waals surface area (Å²) in [7, 11) is 0. The number of anilines is 1. The summed E-state index contributed by atoms with van der Waals surface area (Å²) in [6, 6.07) is 4.25. The van der Waals surface area contributed by atoms with E-state index in [0.717, 1.165) is 23.4 Å². The highest BCUT2D eigenvalue weighted by atomic mass is 16.1. The van der Waals surface area contributed by atoms with Crippen LogP contribution >= 0.6 is 0 Å². The highest BCUT2D eigenvalue weighted by molar-refractivity contribution is 5.92. The largest absolute Gasteiger partial charge is 0.335 e. The Morgan fingerprint density at radius 3 is 2.30 bits per heavy atom. The van der Waals surface area contributed by atoms with Crippen molar-refractivity contribution < 1.29 is 9.69 Å². The molecule has 0 unspecified atom stereocenters. The van der Waals surface area contributed by atoms with Crippen molar-refractivity contribution in [1.82, 2.24) is 0 Å². The normalized spacial score (nSPS) is 16.1. The Morgan fingerprint density at radius 1 is 1.10 bits per heavy atom.